The van der Waals surface area contributed by atoms with Gasteiger partial charge in [0.25, 0.3) is 0 Å². The first-order chi connectivity index (χ1) is 17.9. The second-order valence-corrected chi connectivity index (χ2v) is 8.37. The van der Waals surface area contributed by atoms with Crippen molar-refractivity contribution >= 4 is 28.6 Å². The minimum Gasteiger partial charge on any atom is -0.619 e. The number of anilines is 3. The van der Waals surface area contributed by atoms with E-state index in [1.165, 1.54) is 12.4 Å². The fourth-order valence-corrected chi connectivity index (χ4v) is 4.00. The number of pyridine rings is 1. The van der Waals surface area contributed by atoms with Crippen LogP contribution in [0.1, 0.15) is 26.3 Å². The Hall–Kier alpha value is -5.05. The summed E-state index contributed by atoms with van der Waals surface area (Å²) in [4.78, 5) is 26.9. The van der Waals surface area contributed by atoms with Gasteiger partial charge >= 0.3 is 0 Å². The number of rotatable bonds is 7. The molecule has 0 bridgehead atoms. The lowest BCUT2D eigenvalue weighted by molar-refractivity contribution is -0.605. The molecule has 0 saturated heterocycles. The number of nitrogens with one attached hydrogen (secondary N) is 3. The molecule has 2 heterocycles. The van der Waals surface area contributed by atoms with Gasteiger partial charge in [-0.3, -0.25) is 9.59 Å². The zero-order chi connectivity index (χ0) is 25.9. The van der Waals surface area contributed by atoms with E-state index >= 15 is 0 Å². The van der Waals surface area contributed by atoms with Gasteiger partial charge in [0.15, 0.2) is 12.4 Å². The van der Waals surface area contributed by atoms with Crippen LogP contribution in [0.15, 0.2) is 103 Å². The van der Waals surface area contributed by atoms with Gasteiger partial charge in [0.1, 0.15) is 23.0 Å². The van der Waals surface area contributed by atoms with E-state index in [4.69, 9.17) is 0 Å². The lowest BCUT2D eigenvalue weighted by Crippen LogP contribution is -2.25. The number of allylic oxidation sites excluding steroid dienone is 1. The molecule has 0 atom stereocenters. The summed E-state index contributed by atoms with van der Waals surface area (Å²) >= 11 is 0. The Morgan fingerprint density at radius 2 is 1.51 bits per heavy atom. The van der Waals surface area contributed by atoms with Gasteiger partial charge in [-0.05, 0) is 36.4 Å². The van der Waals surface area contributed by atoms with Crippen molar-refractivity contribution in [2.75, 3.05) is 16.0 Å². The number of ketones is 2. The normalized spacial score (nSPS) is 13.2. The number of halogens is 2. The summed E-state index contributed by atoms with van der Waals surface area (Å²) in [6, 6.07) is 19.4. The second-order valence-electron chi connectivity index (χ2n) is 8.37. The number of aromatic nitrogens is 1. The van der Waals surface area contributed by atoms with Gasteiger partial charge in [-0.1, -0.05) is 30.3 Å². The molecule has 0 saturated carbocycles. The molecule has 7 nitrogen and oxygen atoms in total. The Bertz CT molecular complexity index is 1530. The maximum absolute atomic E-state index is 13.9. The summed E-state index contributed by atoms with van der Waals surface area (Å²) in [6.45, 7) is 0.402. The molecule has 3 N–H and O–H groups in total. The van der Waals surface area contributed by atoms with Gasteiger partial charge in [0, 0.05) is 41.1 Å². The largest absolute Gasteiger partial charge is 0.619 e. The Kier molecular flexibility index (Phi) is 6.34. The minimum atomic E-state index is -0.924. The monoisotopic (exact) mass is 498 g/mol. The molecule has 1 aliphatic rings. The Morgan fingerprint density at radius 3 is 2.24 bits per heavy atom. The van der Waals surface area contributed by atoms with Crippen molar-refractivity contribution in [3.05, 3.63) is 136 Å². The molecule has 0 fully saturated rings. The summed E-state index contributed by atoms with van der Waals surface area (Å²) in [5.41, 5.74) is 2.38. The van der Waals surface area contributed by atoms with E-state index in [1.807, 2.05) is 6.07 Å². The highest BCUT2D eigenvalue weighted by Gasteiger charge is 2.29. The molecular weight excluding hydrogens is 478 g/mol. The predicted octanol–water partition coefficient (Wildman–Crippen LogP) is 5.03. The molecule has 0 radical (unpaired) electrons. The molecule has 37 heavy (non-hydrogen) atoms. The molecule has 4 aromatic rings. The van der Waals surface area contributed by atoms with Crippen LogP contribution in [-0.2, 0) is 6.54 Å². The Labute approximate surface area is 210 Å². The first-order valence-electron chi connectivity index (χ1n) is 11.3. The molecule has 184 valence electrons. The van der Waals surface area contributed by atoms with E-state index in [2.05, 4.69) is 16.0 Å². The summed E-state index contributed by atoms with van der Waals surface area (Å²) < 4.78 is 28.5. The molecule has 0 unspecified atom stereocenters. The zero-order valence-electron chi connectivity index (χ0n) is 19.3. The number of fused-ring (bicyclic) bond motifs is 1. The van der Waals surface area contributed by atoms with E-state index in [-0.39, 0.29) is 22.5 Å². The van der Waals surface area contributed by atoms with Crippen molar-refractivity contribution in [2.24, 2.45) is 0 Å². The Balaban J connectivity index is 1.48. The molecule has 9 heteroatoms. The van der Waals surface area contributed by atoms with Gasteiger partial charge in [-0.15, -0.1) is 0 Å². The van der Waals surface area contributed by atoms with Gasteiger partial charge in [-0.25, -0.2) is 8.78 Å². The third-order valence-corrected chi connectivity index (χ3v) is 5.74. The van der Waals surface area contributed by atoms with Crippen LogP contribution in [0.25, 0.3) is 0 Å². The first kappa shape index (κ1) is 23.7. The average molecular weight is 498 g/mol. The summed E-state index contributed by atoms with van der Waals surface area (Å²) in [6.07, 6.45) is 2.86. The van der Waals surface area contributed by atoms with Crippen molar-refractivity contribution in [3.8, 4) is 0 Å². The van der Waals surface area contributed by atoms with Crippen molar-refractivity contribution < 1.29 is 23.1 Å². The van der Waals surface area contributed by atoms with Crippen LogP contribution >= 0.6 is 0 Å². The highest BCUT2D eigenvalue weighted by atomic mass is 19.1. The van der Waals surface area contributed by atoms with E-state index in [1.54, 1.807) is 54.6 Å². The van der Waals surface area contributed by atoms with E-state index < -0.39 is 23.2 Å². The van der Waals surface area contributed by atoms with Crippen LogP contribution < -0.4 is 20.7 Å². The number of nitrogens with zero attached hydrogens (tertiary/aromatic N) is 1. The second kappa shape index (κ2) is 9.90. The molecule has 0 spiro atoms. The fourth-order valence-electron chi connectivity index (χ4n) is 4.00. The van der Waals surface area contributed by atoms with Crippen LogP contribution in [0.2, 0.25) is 0 Å². The van der Waals surface area contributed by atoms with Crippen molar-refractivity contribution in [3.63, 3.8) is 0 Å². The molecule has 0 amide bonds. The summed E-state index contributed by atoms with van der Waals surface area (Å²) in [5.74, 6) is -3.18. The predicted molar refractivity (Wildman–Crippen MR) is 135 cm³/mol. The van der Waals surface area contributed by atoms with Gasteiger partial charge in [0.2, 0.25) is 11.6 Å². The number of hydrogen-bond acceptors (Lipinski definition) is 6. The van der Waals surface area contributed by atoms with Crippen LogP contribution in [0, 0.1) is 16.8 Å². The quantitative estimate of drug-likeness (QED) is 0.0827. The first-order valence-corrected chi connectivity index (χ1v) is 11.3. The number of hydrogen-bond donors (Lipinski definition) is 3. The highest BCUT2D eigenvalue weighted by molar-refractivity contribution is 6.32. The molecule has 5 rings (SSSR count). The number of Topliss-reactive ketones (excluding diaryl/α,β-unsaturated/α-hetero) is 2. The smallest absolute Gasteiger partial charge is 0.200 e. The highest BCUT2D eigenvalue weighted by Crippen LogP contribution is 2.35. The van der Waals surface area contributed by atoms with Gasteiger partial charge in [-0.2, -0.15) is 4.73 Å². The van der Waals surface area contributed by atoms with Gasteiger partial charge < -0.3 is 21.2 Å². The van der Waals surface area contributed by atoms with Crippen LogP contribution in [0.5, 0.6) is 0 Å². The van der Waals surface area contributed by atoms with E-state index in [0.29, 0.717) is 24.0 Å². The summed E-state index contributed by atoms with van der Waals surface area (Å²) in [7, 11) is 0. The number of benzene rings is 3. The SMILES string of the molecule is O=C(C(C(=O)c1cc(F)cc(F)c1)=C1Nc2ccc(NCc3ccc[n+]([O-])c3)cc2N1)c1ccccc1. The van der Waals surface area contributed by atoms with Crippen LogP contribution in [0.4, 0.5) is 25.8 Å². The molecule has 0 aliphatic carbocycles. The summed E-state index contributed by atoms with van der Waals surface area (Å²) in [5, 5.41) is 20.8. The fraction of sp³-hybridized carbons (Fsp3) is 0.0357. The molecule has 3 aromatic carbocycles. The Morgan fingerprint density at radius 1 is 0.811 bits per heavy atom. The van der Waals surface area contributed by atoms with E-state index in [0.717, 1.165) is 28.1 Å². The molecule has 1 aromatic heterocycles. The maximum Gasteiger partial charge on any atom is 0.200 e. The average Bonchev–Trinajstić information content (AvgIpc) is 3.30. The van der Waals surface area contributed by atoms with Crippen LogP contribution in [0.3, 0.4) is 0 Å². The lowest BCUT2D eigenvalue weighted by Gasteiger charge is -2.11. The van der Waals surface area contributed by atoms with Crippen molar-refractivity contribution in [1.82, 2.24) is 0 Å². The third-order valence-electron chi connectivity index (χ3n) is 5.74. The van der Waals surface area contributed by atoms with Crippen LogP contribution in [-0.4, -0.2) is 11.6 Å². The number of carbonyl (C=O) groups excluding carboxylic acids is 2. The third kappa shape index (κ3) is 5.15. The lowest BCUT2D eigenvalue weighted by atomic mass is 9.95. The zero-order valence-corrected chi connectivity index (χ0v) is 19.3. The maximum atomic E-state index is 13.9. The standard InChI is InChI=1S/C28H20F2N4O3/c29-20-11-19(12-21(30)13-20)27(36)25(26(35)18-6-2-1-3-7-18)28-32-23-9-8-22(14-24(23)33-28)31-15-17-5-4-10-34(37)16-17/h1-14,16,31-33H,15H2. The minimum absolute atomic E-state index is 0.103. The molecular formula is C28H20F2N4O3. The number of carbonyl (C=O) groups is 2. The molecule has 1 aliphatic heterocycles. The topological polar surface area (TPSA) is 97.2 Å². The van der Waals surface area contributed by atoms with Crippen molar-refractivity contribution in [2.45, 2.75) is 6.54 Å². The van der Waals surface area contributed by atoms with Gasteiger partial charge in [0.05, 0.1) is 11.4 Å². The van der Waals surface area contributed by atoms with E-state index in [9.17, 15) is 23.6 Å². The van der Waals surface area contributed by atoms with Crippen molar-refractivity contribution in [1.29, 1.82) is 0 Å².